The summed E-state index contributed by atoms with van der Waals surface area (Å²) >= 11 is 0. The van der Waals surface area contributed by atoms with E-state index >= 15 is 0 Å². The monoisotopic (exact) mass is 336 g/mol. The fraction of sp³-hybridized carbons (Fsp3) is 0.684. The maximum absolute atomic E-state index is 5.70. The molecule has 1 saturated carbocycles. The van der Waals surface area contributed by atoms with Gasteiger partial charge in [-0.15, -0.1) is 12.4 Å². The van der Waals surface area contributed by atoms with E-state index in [4.69, 9.17) is 4.74 Å². The molecule has 4 heteroatoms. The van der Waals surface area contributed by atoms with Crippen LogP contribution in [0.5, 0.6) is 0 Å². The summed E-state index contributed by atoms with van der Waals surface area (Å²) in [5.41, 5.74) is 3.10. The van der Waals surface area contributed by atoms with Gasteiger partial charge >= 0.3 is 0 Å². The van der Waals surface area contributed by atoms with E-state index in [2.05, 4.69) is 34.9 Å². The Hall–Kier alpha value is -0.610. The van der Waals surface area contributed by atoms with Gasteiger partial charge in [0.15, 0.2) is 0 Å². The first-order valence-corrected chi connectivity index (χ1v) is 9.07. The Kier molecular flexibility index (Phi) is 5.97. The van der Waals surface area contributed by atoms with Gasteiger partial charge < -0.3 is 15.4 Å². The topological polar surface area (TPSA) is 33.3 Å². The number of aryl methyl sites for hydroxylation is 1. The summed E-state index contributed by atoms with van der Waals surface area (Å²) in [6.07, 6.45) is 7.87. The summed E-state index contributed by atoms with van der Waals surface area (Å²) in [7, 11) is 0. The molecule has 4 atom stereocenters. The highest BCUT2D eigenvalue weighted by Crippen LogP contribution is 2.35. The summed E-state index contributed by atoms with van der Waals surface area (Å²) in [6, 6.07) is 10.8. The first-order chi connectivity index (χ1) is 10.9. The smallest absolute Gasteiger partial charge is 0.0623 e. The average Bonchev–Trinajstić information content (AvgIpc) is 3.04. The van der Waals surface area contributed by atoms with Crippen molar-refractivity contribution in [2.45, 2.75) is 56.7 Å². The van der Waals surface area contributed by atoms with Crippen molar-refractivity contribution in [2.24, 2.45) is 5.92 Å². The van der Waals surface area contributed by atoms with E-state index < -0.39 is 0 Å². The molecule has 3 aliphatic rings. The molecule has 3 nitrogen and oxygen atoms in total. The lowest BCUT2D eigenvalue weighted by atomic mass is 9.86. The number of ether oxygens (including phenoxy) is 1. The molecule has 128 valence electrons. The second-order valence-corrected chi connectivity index (χ2v) is 7.15. The van der Waals surface area contributed by atoms with Crippen LogP contribution in [0, 0.1) is 5.92 Å². The number of benzene rings is 1. The average molecular weight is 337 g/mol. The number of rotatable bonds is 3. The van der Waals surface area contributed by atoms with Gasteiger partial charge in [-0.1, -0.05) is 30.7 Å². The van der Waals surface area contributed by atoms with E-state index in [1.54, 1.807) is 11.1 Å². The summed E-state index contributed by atoms with van der Waals surface area (Å²) in [6.45, 7) is 2.78. The largest absolute Gasteiger partial charge is 0.379 e. The van der Waals surface area contributed by atoms with Crippen molar-refractivity contribution in [1.29, 1.82) is 0 Å². The van der Waals surface area contributed by atoms with Crippen molar-refractivity contribution >= 4 is 12.4 Å². The standard InChI is InChI=1S/C19H28N2O.ClH/c1-2-7-15-14(5-1)6-3-9-17(15)21-18-10-4-8-16(18)19-13-22-12-11-20-19;/h1-2,5,7,16-21H,3-4,6,8-13H2;1H. The number of halogens is 1. The molecule has 0 aromatic heterocycles. The van der Waals surface area contributed by atoms with E-state index in [9.17, 15) is 0 Å². The summed E-state index contributed by atoms with van der Waals surface area (Å²) in [5.74, 6) is 0.731. The Bertz CT molecular complexity index is 504. The third-order valence-corrected chi connectivity index (χ3v) is 5.82. The Labute approximate surface area is 146 Å². The molecule has 1 aliphatic heterocycles. The molecule has 0 bridgehead atoms. The third-order valence-electron chi connectivity index (χ3n) is 5.82. The van der Waals surface area contributed by atoms with Gasteiger partial charge in [-0.25, -0.2) is 0 Å². The maximum Gasteiger partial charge on any atom is 0.0623 e. The Morgan fingerprint density at radius 2 is 2.00 bits per heavy atom. The lowest BCUT2D eigenvalue weighted by molar-refractivity contribution is 0.0514. The van der Waals surface area contributed by atoms with E-state index in [0.717, 1.165) is 25.7 Å². The van der Waals surface area contributed by atoms with Crippen molar-refractivity contribution in [3.05, 3.63) is 35.4 Å². The van der Waals surface area contributed by atoms with Gasteiger partial charge in [0.05, 0.1) is 13.2 Å². The summed E-state index contributed by atoms with van der Waals surface area (Å²) in [4.78, 5) is 0. The van der Waals surface area contributed by atoms with Crippen LogP contribution in [-0.2, 0) is 11.2 Å². The maximum atomic E-state index is 5.70. The van der Waals surface area contributed by atoms with Crippen molar-refractivity contribution in [3.8, 4) is 0 Å². The fourth-order valence-electron chi connectivity index (χ4n) is 4.72. The molecule has 0 spiro atoms. The Morgan fingerprint density at radius 1 is 1.09 bits per heavy atom. The molecule has 2 fully saturated rings. The van der Waals surface area contributed by atoms with E-state index in [-0.39, 0.29) is 12.4 Å². The predicted octanol–water partition coefficient (Wildman–Crippen LogP) is 3.23. The van der Waals surface area contributed by atoms with Gasteiger partial charge in [-0.05, 0) is 49.1 Å². The van der Waals surface area contributed by atoms with Crippen LogP contribution in [0.3, 0.4) is 0 Å². The minimum absolute atomic E-state index is 0. The molecule has 0 amide bonds. The van der Waals surface area contributed by atoms with Crippen LogP contribution >= 0.6 is 12.4 Å². The van der Waals surface area contributed by atoms with E-state index in [0.29, 0.717) is 18.1 Å². The SMILES string of the molecule is Cl.c1ccc2c(c1)CCCC2NC1CCCC1C1COCCN1. The summed E-state index contributed by atoms with van der Waals surface area (Å²) in [5, 5.41) is 7.71. The zero-order chi connectivity index (χ0) is 14.8. The van der Waals surface area contributed by atoms with Crippen molar-refractivity contribution in [2.75, 3.05) is 19.8 Å². The van der Waals surface area contributed by atoms with Crippen LogP contribution < -0.4 is 10.6 Å². The van der Waals surface area contributed by atoms with Crippen LogP contribution in [0.15, 0.2) is 24.3 Å². The van der Waals surface area contributed by atoms with Crippen molar-refractivity contribution < 1.29 is 4.74 Å². The van der Waals surface area contributed by atoms with Gasteiger partial charge in [0.25, 0.3) is 0 Å². The predicted molar refractivity (Wildman–Crippen MR) is 96.2 cm³/mol. The highest BCUT2D eigenvalue weighted by Gasteiger charge is 2.36. The zero-order valence-electron chi connectivity index (χ0n) is 13.8. The Morgan fingerprint density at radius 3 is 2.87 bits per heavy atom. The highest BCUT2D eigenvalue weighted by atomic mass is 35.5. The van der Waals surface area contributed by atoms with Gasteiger partial charge in [-0.3, -0.25) is 0 Å². The molecule has 1 aromatic rings. The first kappa shape index (κ1) is 17.2. The van der Waals surface area contributed by atoms with Gasteiger partial charge in [0.1, 0.15) is 0 Å². The molecule has 1 heterocycles. The van der Waals surface area contributed by atoms with Gasteiger partial charge in [0, 0.05) is 24.7 Å². The van der Waals surface area contributed by atoms with Crippen LogP contribution in [0.2, 0.25) is 0 Å². The lowest BCUT2D eigenvalue weighted by Gasteiger charge is -2.36. The number of hydrogen-bond acceptors (Lipinski definition) is 3. The minimum atomic E-state index is 0. The second-order valence-electron chi connectivity index (χ2n) is 7.15. The summed E-state index contributed by atoms with van der Waals surface area (Å²) < 4.78 is 5.70. The fourth-order valence-corrected chi connectivity index (χ4v) is 4.72. The minimum Gasteiger partial charge on any atom is -0.379 e. The van der Waals surface area contributed by atoms with E-state index in [1.807, 2.05) is 0 Å². The molecule has 2 N–H and O–H groups in total. The van der Waals surface area contributed by atoms with Gasteiger partial charge in [-0.2, -0.15) is 0 Å². The quantitative estimate of drug-likeness (QED) is 0.889. The number of fused-ring (bicyclic) bond motifs is 1. The number of nitrogens with one attached hydrogen (secondary N) is 2. The van der Waals surface area contributed by atoms with Crippen LogP contribution in [0.1, 0.15) is 49.3 Å². The first-order valence-electron chi connectivity index (χ1n) is 9.07. The number of morpholine rings is 1. The molecule has 2 aliphatic carbocycles. The molecule has 23 heavy (non-hydrogen) atoms. The lowest BCUT2D eigenvalue weighted by Crippen LogP contribution is -2.51. The molecule has 4 unspecified atom stereocenters. The second kappa shape index (κ2) is 7.98. The molecule has 1 aromatic carbocycles. The highest BCUT2D eigenvalue weighted by molar-refractivity contribution is 5.85. The van der Waals surface area contributed by atoms with Crippen molar-refractivity contribution in [1.82, 2.24) is 10.6 Å². The molecular formula is C19H29ClN2O. The van der Waals surface area contributed by atoms with Crippen LogP contribution in [-0.4, -0.2) is 31.8 Å². The van der Waals surface area contributed by atoms with Gasteiger partial charge in [0.2, 0.25) is 0 Å². The zero-order valence-corrected chi connectivity index (χ0v) is 14.6. The number of hydrogen-bond donors (Lipinski definition) is 2. The van der Waals surface area contributed by atoms with Crippen molar-refractivity contribution in [3.63, 3.8) is 0 Å². The normalized spacial score (nSPS) is 33.7. The van der Waals surface area contributed by atoms with Crippen LogP contribution in [0.4, 0.5) is 0 Å². The molecule has 0 radical (unpaired) electrons. The third kappa shape index (κ3) is 3.74. The molecule has 1 saturated heterocycles. The molecular weight excluding hydrogens is 308 g/mol. The molecule has 4 rings (SSSR count). The van der Waals surface area contributed by atoms with E-state index in [1.165, 1.54) is 38.5 Å². The Balaban J connectivity index is 0.00000156. The van der Waals surface area contributed by atoms with Crippen LogP contribution in [0.25, 0.3) is 0 Å².